The summed E-state index contributed by atoms with van der Waals surface area (Å²) in [6.07, 6.45) is 0. The van der Waals surface area contributed by atoms with E-state index in [1.165, 1.54) is 7.11 Å². The summed E-state index contributed by atoms with van der Waals surface area (Å²) in [5.74, 6) is 0.272. The Morgan fingerprint density at radius 3 is 2.76 bits per heavy atom. The number of benzene rings is 1. The molecule has 0 amide bonds. The van der Waals surface area contributed by atoms with Crippen molar-refractivity contribution in [2.75, 3.05) is 20.2 Å². The number of methoxy groups -OCH3 is 1. The van der Waals surface area contributed by atoms with Crippen LogP contribution in [0.3, 0.4) is 0 Å². The second-order valence-corrected chi connectivity index (χ2v) is 7.33. The Morgan fingerprint density at radius 2 is 2.10 bits per heavy atom. The van der Waals surface area contributed by atoms with Gasteiger partial charge in [-0.05, 0) is 42.6 Å². The van der Waals surface area contributed by atoms with Gasteiger partial charge in [0.05, 0.1) is 18.4 Å². The van der Waals surface area contributed by atoms with E-state index in [0.29, 0.717) is 23.0 Å². The SMILES string of the molecule is COC(=O)c1cccc(CS(=O)(=O)NC2C3CNCC32)c1. The normalized spacial score (nSPS) is 27.2. The summed E-state index contributed by atoms with van der Waals surface area (Å²) in [5, 5.41) is 3.23. The van der Waals surface area contributed by atoms with E-state index in [4.69, 9.17) is 0 Å². The lowest BCUT2D eigenvalue weighted by atomic mass is 10.1. The van der Waals surface area contributed by atoms with Gasteiger partial charge in [0.2, 0.25) is 10.0 Å². The third-order valence-corrected chi connectivity index (χ3v) is 5.46. The molecule has 6 nitrogen and oxygen atoms in total. The van der Waals surface area contributed by atoms with E-state index in [-0.39, 0.29) is 11.8 Å². The predicted molar refractivity (Wildman–Crippen MR) is 77.2 cm³/mol. The lowest BCUT2D eigenvalue weighted by Crippen LogP contribution is -2.33. The van der Waals surface area contributed by atoms with Crippen molar-refractivity contribution in [3.8, 4) is 0 Å². The molecule has 1 aromatic rings. The molecule has 0 aromatic heterocycles. The van der Waals surface area contributed by atoms with Gasteiger partial charge in [0.15, 0.2) is 0 Å². The fourth-order valence-corrected chi connectivity index (χ4v) is 4.43. The molecule has 1 aliphatic carbocycles. The molecule has 1 heterocycles. The largest absolute Gasteiger partial charge is 0.465 e. The van der Waals surface area contributed by atoms with Crippen LogP contribution < -0.4 is 10.0 Å². The maximum absolute atomic E-state index is 12.2. The Bertz CT molecular complexity index is 649. The molecule has 0 radical (unpaired) electrons. The lowest BCUT2D eigenvalue weighted by Gasteiger charge is -2.09. The van der Waals surface area contributed by atoms with Gasteiger partial charge in [0.1, 0.15) is 0 Å². The smallest absolute Gasteiger partial charge is 0.337 e. The number of hydrogen-bond acceptors (Lipinski definition) is 5. The monoisotopic (exact) mass is 310 g/mol. The quantitative estimate of drug-likeness (QED) is 0.754. The highest BCUT2D eigenvalue weighted by Crippen LogP contribution is 2.42. The summed E-state index contributed by atoms with van der Waals surface area (Å²) in [6.45, 7) is 1.77. The number of hydrogen-bond donors (Lipinski definition) is 2. The molecule has 21 heavy (non-hydrogen) atoms. The summed E-state index contributed by atoms with van der Waals surface area (Å²) >= 11 is 0. The van der Waals surface area contributed by atoms with E-state index in [2.05, 4.69) is 14.8 Å². The van der Waals surface area contributed by atoms with E-state index < -0.39 is 16.0 Å². The molecule has 3 rings (SSSR count). The van der Waals surface area contributed by atoms with Crippen LogP contribution in [0.5, 0.6) is 0 Å². The zero-order valence-corrected chi connectivity index (χ0v) is 12.5. The molecule has 0 spiro atoms. The molecule has 2 unspecified atom stereocenters. The number of fused-ring (bicyclic) bond motifs is 1. The Morgan fingerprint density at radius 1 is 1.38 bits per heavy atom. The maximum atomic E-state index is 12.2. The van der Waals surface area contributed by atoms with Crippen molar-refractivity contribution in [2.24, 2.45) is 11.8 Å². The van der Waals surface area contributed by atoms with Crippen molar-refractivity contribution in [2.45, 2.75) is 11.8 Å². The number of nitrogens with one attached hydrogen (secondary N) is 2. The molecule has 2 fully saturated rings. The van der Waals surface area contributed by atoms with Crippen molar-refractivity contribution in [1.29, 1.82) is 0 Å². The van der Waals surface area contributed by atoms with Crippen LogP contribution in [0, 0.1) is 11.8 Å². The molecule has 2 aliphatic rings. The first-order chi connectivity index (χ1) is 10.00. The van der Waals surface area contributed by atoms with Gasteiger partial charge in [-0.2, -0.15) is 0 Å². The summed E-state index contributed by atoms with van der Waals surface area (Å²) in [5.41, 5.74) is 0.937. The molecule has 0 bridgehead atoms. The van der Waals surface area contributed by atoms with E-state index in [9.17, 15) is 13.2 Å². The summed E-state index contributed by atoms with van der Waals surface area (Å²) < 4.78 is 31.8. The average molecular weight is 310 g/mol. The van der Waals surface area contributed by atoms with Crippen molar-refractivity contribution in [1.82, 2.24) is 10.0 Å². The van der Waals surface area contributed by atoms with Crippen molar-refractivity contribution < 1.29 is 17.9 Å². The molecule has 1 aliphatic heterocycles. The number of sulfonamides is 1. The number of ether oxygens (including phenoxy) is 1. The van der Waals surface area contributed by atoms with Gasteiger partial charge in [0.25, 0.3) is 0 Å². The number of rotatable bonds is 5. The number of esters is 1. The van der Waals surface area contributed by atoms with Crippen LogP contribution in [0.15, 0.2) is 24.3 Å². The van der Waals surface area contributed by atoms with Crippen molar-refractivity contribution >= 4 is 16.0 Å². The minimum absolute atomic E-state index is 0.0695. The zero-order valence-electron chi connectivity index (χ0n) is 11.7. The Balaban J connectivity index is 1.66. The Labute approximate surface area is 123 Å². The molecular weight excluding hydrogens is 292 g/mol. The summed E-state index contributed by atoms with van der Waals surface area (Å²) in [4.78, 5) is 11.5. The van der Waals surface area contributed by atoms with Crippen LogP contribution in [-0.4, -0.2) is 40.6 Å². The van der Waals surface area contributed by atoms with Crippen molar-refractivity contribution in [3.05, 3.63) is 35.4 Å². The summed E-state index contributed by atoms with van der Waals surface area (Å²) in [7, 11) is -2.09. The van der Waals surface area contributed by atoms with E-state index in [1.807, 2.05) is 0 Å². The van der Waals surface area contributed by atoms with E-state index in [1.54, 1.807) is 24.3 Å². The first-order valence-corrected chi connectivity index (χ1v) is 8.53. The topological polar surface area (TPSA) is 84.5 Å². The second-order valence-electron chi connectivity index (χ2n) is 5.58. The van der Waals surface area contributed by atoms with Crippen molar-refractivity contribution in [3.63, 3.8) is 0 Å². The maximum Gasteiger partial charge on any atom is 0.337 e. The standard InChI is InChI=1S/C14H18N2O4S/c1-20-14(17)10-4-2-3-9(5-10)8-21(18,19)16-13-11-6-15-7-12(11)13/h2-5,11-13,15-16H,6-8H2,1H3. The highest BCUT2D eigenvalue weighted by molar-refractivity contribution is 7.88. The molecule has 114 valence electrons. The third kappa shape index (κ3) is 3.09. The second kappa shape index (κ2) is 5.40. The highest BCUT2D eigenvalue weighted by Gasteiger charge is 2.54. The first kappa shape index (κ1) is 14.5. The fraction of sp³-hybridized carbons (Fsp3) is 0.500. The molecule has 1 saturated carbocycles. The van der Waals surface area contributed by atoms with Gasteiger partial charge in [0, 0.05) is 6.04 Å². The lowest BCUT2D eigenvalue weighted by molar-refractivity contribution is 0.0600. The molecular formula is C14H18N2O4S. The highest BCUT2D eigenvalue weighted by atomic mass is 32.2. The van der Waals surface area contributed by atoms with Crippen LogP contribution in [0.4, 0.5) is 0 Å². The molecule has 1 aromatic carbocycles. The van der Waals surface area contributed by atoms with Crippen LogP contribution >= 0.6 is 0 Å². The van der Waals surface area contributed by atoms with E-state index in [0.717, 1.165) is 13.1 Å². The van der Waals surface area contributed by atoms with Gasteiger partial charge in [-0.15, -0.1) is 0 Å². The van der Waals surface area contributed by atoms with Gasteiger partial charge in [-0.3, -0.25) is 0 Å². The number of piperidine rings is 1. The average Bonchev–Trinajstić information content (AvgIpc) is 2.88. The van der Waals surface area contributed by atoms with E-state index >= 15 is 0 Å². The van der Waals surface area contributed by atoms with Gasteiger partial charge in [-0.1, -0.05) is 12.1 Å². The third-order valence-electron chi connectivity index (χ3n) is 4.11. The van der Waals surface area contributed by atoms with Crippen LogP contribution in [0.2, 0.25) is 0 Å². The minimum atomic E-state index is -3.39. The molecule has 2 atom stereocenters. The fourth-order valence-electron chi connectivity index (χ4n) is 2.97. The van der Waals surface area contributed by atoms with Gasteiger partial charge >= 0.3 is 5.97 Å². The molecule has 1 saturated heterocycles. The Kier molecular flexibility index (Phi) is 3.73. The summed E-state index contributed by atoms with van der Waals surface area (Å²) in [6, 6.07) is 6.58. The van der Waals surface area contributed by atoms with Crippen LogP contribution in [-0.2, 0) is 20.5 Å². The number of carbonyl (C=O) groups excluding carboxylic acids is 1. The molecule has 2 N–H and O–H groups in total. The first-order valence-electron chi connectivity index (χ1n) is 6.88. The Hall–Kier alpha value is -1.44. The van der Waals surface area contributed by atoms with Gasteiger partial charge < -0.3 is 10.1 Å². The number of carbonyl (C=O) groups is 1. The van der Waals surface area contributed by atoms with Crippen LogP contribution in [0.1, 0.15) is 15.9 Å². The molecule has 7 heteroatoms. The minimum Gasteiger partial charge on any atom is -0.465 e. The van der Waals surface area contributed by atoms with Gasteiger partial charge in [-0.25, -0.2) is 17.9 Å². The predicted octanol–water partition coefficient (Wildman–Crippen LogP) is 0.110. The van der Waals surface area contributed by atoms with Crippen LogP contribution in [0.25, 0.3) is 0 Å². The zero-order chi connectivity index (χ0) is 15.0.